The summed E-state index contributed by atoms with van der Waals surface area (Å²) in [5.74, 6) is 0.561. The van der Waals surface area contributed by atoms with E-state index in [0.29, 0.717) is 11.3 Å². The average Bonchev–Trinajstić information content (AvgIpc) is 2.57. The van der Waals surface area contributed by atoms with Crippen molar-refractivity contribution in [2.45, 2.75) is 6.92 Å². The van der Waals surface area contributed by atoms with Crippen molar-refractivity contribution in [1.82, 2.24) is 4.98 Å². The van der Waals surface area contributed by atoms with Gasteiger partial charge in [-0.3, -0.25) is 4.79 Å². The summed E-state index contributed by atoms with van der Waals surface area (Å²) in [5, 5.41) is 6.07. The molecule has 0 saturated heterocycles. The number of anilines is 3. The maximum Gasteiger partial charge on any atom is 0.255 e. The molecule has 0 fully saturated rings. The number of rotatable bonds is 4. The van der Waals surface area contributed by atoms with Crippen LogP contribution in [0.5, 0.6) is 0 Å². The number of nitrogens with zero attached hydrogens (tertiary/aromatic N) is 1. The van der Waals surface area contributed by atoms with Gasteiger partial charge in [0.1, 0.15) is 5.82 Å². The number of hydrogen-bond acceptors (Lipinski definition) is 3. The number of benzene rings is 2. The Labute approximate surface area is 149 Å². The van der Waals surface area contributed by atoms with Crippen molar-refractivity contribution < 1.29 is 4.79 Å². The van der Waals surface area contributed by atoms with Crippen LogP contribution in [0.25, 0.3) is 0 Å². The lowest BCUT2D eigenvalue weighted by Crippen LogP contribution is -2.11. The molecular formula is C19H16BrN3O. The molecule has 120 valence electrons. The van der Waals surface area contributed by atoms with Crippen LogP contribution in [-0.4, -0.2) is 10.9 Å². The van der Waals surface area contributed by atoms with Gasteiger partial charge in [-0.05, 0) is 61.0 Å². The second-order valence-corrected chi connectivity index (χ2v) is 6.30. The lowest BCUT2D eigenvalue weighted by Gasteiger charge is -2.08. The van der Waals surface area contributed by atoms with Crippen molar-refractivity contribution in [3.05, 3.63) is 82.5 Å². The summed E-state index contributed by atoms with van der Waals surface area (Å²) >= 11 is 3.35. The molecule has 0 unspecified atom stereocenters. The van der Waals surface area contributed by atoms with E-state index in [4.69, 9.17) is 0 Å². The Morgan fingerprint density at radius 1 is 1.00 bits per heavy atom. The standard InChI is InChI=1S/C19H16BrN3O/c1-13-3-2-4-16(11-13)22-18-10-9-17(12-21-18)23-19(24)14-5-7-15(20)8-6-14/h2-12H,1H3,(H,21,22)(H,23,24). The normalized spacial score (nSPS) is 10.2. The summed E-state index contributed by atoms with van der Waals surface area (Å²) in [7, 11) is 0. The smallest absolute Gasteiger partial charge is 0.255 e. The number of halogens is 1. The Balaban J connectivity index is 1.66. The largest absolute Gasteiger partial charge is 0.340 e. The summed E-state index contributed by atoms with van der Waals surface area (Å²) in [6.07, 6.45) is 1.63. The van der Waals surface area contributed by atoms with Crippen LogP contribution in [0, 0.1) is 6.92 Å². The first-order chi connectivity index (χ1) is 11.6. The van der Waals surface area contributed by atoms with E-state index in [0.717, 1.165) is 16.0 Å². The summed E-state index contributed by atoms with van der Waals surface area (Å²) in [6.45, 7) is 2.04. The Hall–Kier alpha value is -2.66. The first-order valence-electron chi connectivity index (χ1n) is 7.47. The van der Waals surface area contributed by atoms with E-state index in [9.17, 15) is 4.79 Å². The first-order valence-corrected chi connectivity index (χ1v) is 8.26. The fraction of sp³-hybridized carbons (Fsp3) is 0.0526. The third-order valence-electron chi connectivity index (χ3n) is 3.42. The third kappa shape index (κ3) is 4.20. The zero-order chi connectivity index (χ0) is 16.9. The SMILES string of the molecule is Cc1cccc(Nc2ccc(NC(=O)c3ccc(Br)cc3)cn2)c1. The van der Waals surface area contributed by atoms with Crippen molar-refractivity contribution in [2.24, 2.45) is 0 Å². The van der Waals surface area contributed by atoms with Gasteiger partial charge >= 0.3 is 0 Å². The third-order valence-corrected chi connectivity index (χ3v) is 3.95. The molecule has 1 heterocycles. The predicted octanol–water partition coefficient (Wildman–Crippen LogP) is 5.15. The Morgan fingerprint density at radius 2 is 1.79 bits per heavy atom. The Morgan fingerprint density at radius 3 is 2.46 bits per heavy atom. The molecule has 5 heteroatoms. The Bertz CT molecular complexity index is 845. The minimum Gasteiger partial charge on any atom is -0.340 e. The summed E-state index contributed by atoms with van der Waals surface area (Å²) in [4.78, 5) is 16.5. The number of pyridine rings is 1. The monoisotopic (exact) mass is 381 g/mol. The van der Waals surface area contributed by atoms with Crippen LogP contribution in [0.2, 0.25) is 0 Å². The molecule has 0 aliphatic rings. The van der Waals surface area contributed by atoms with Gasteiger partial charge in [0.25, 0.3) is 5.91 Å². The van der Waals surface area contributed by atoms with E-state index >= 15 is 0 Å². The van der Waals surface area contributed by atoms with Gasteiger partial charge in [-0.25, -0.2) is 4.98 Å². The lowest BCUT2D eigenvalue weighted by atomic mass is 10.2. The van der Waals surface area contributed by atoms with Gasteiger partial charge in [0.15, 0.2) is 0 Å². The molecule has 0 aliphatic heterocycles. The quantitative estimate of drug-likeness (QED) is 0.656. The van der Waals surface area contributed by atoms with Gasteiger partial charge in [-0.15, -0.1) is 0 Å². The van der Waals surface area contributed by atoms with E-state index in [2.05, 4.69) is 31.5 Å². The van der Waals surface area contributed by atoms with E-state index in [1.165, 1.54) is 5.56 Å². The molecule has 0 atom stereocenters. The summed E-state index contributed by atoms with van der Waals surface area (Å²) in [6, 6.07) is 18.9. The van der Waals surface area contributed by atoms with E-state index in [-0.39, 0.29) is 5.91 Å². The fourth-order valence-corrected chi connectivity index (χ4v) is 2.48. The second-order valence-electron chi connectivity index (χ2n) is 5.39. The van der Waals surface area contributed by atoms with Gasteiger partial charge in [-0.2, -0.15) is 0 Å². The molecule has 1 amide bonds. The highest BCUT2D eigenvalue weighted by atomic mass is 79.9. The second kappa shape index (κ2) is 7.27. The number of nitrogens with one attached hydrogen (secondary N) is 2. The minimum absolute atomic E-state index is 0.163. The van der Waals surface area contributed by atoms with Crippen LogP contribution >= 0.6 is 15.9 Å². The number of amides is 1. The van der Waals surface area contributed by atoms with Crippen LogP contribution in [-0.2, 0) is 0 Å². The van der Waals surface area contributed by atoms with Gasteiger partial charge in [-0.1, -0.05) is 28.1 Å². The van der Waals surface area contributed by atoms with Crippen molar-refractivity contribution >= 4 is 39.0 Å². The van der Waals surface area contributed by atoms with Gasteiger partial charge in [0.05, 0.1) is 11.9 Å². The molecule has 0 spiro atoms. The van der Waals surface area contributed by atoms with Crippen molar-refractivity contribution in [2.75, 3.05) is 10.6 Å². The minimum atomic E-state index is -0.163. The molecule has 1 aromatic heterocycles. The molecule has 2 N–H and O–H groups in total. The predicted molar refractivity (Wildman–Crippen MR) is 101 cm³/mol. The summed E-state index contributed by atoms with van der Waals surface area (Å²) in [5.41, 5.74) is 3.41. The van der Waals surface area contributed by atoms with Crippen molar-refractivity contribution in [3.63, 3.8) is 0 Å². The molecule has 2 aromatic carbocycles. The maximum absolute atomic E-state index is 12.2. The van der Waals surface area contributed by atoms with Gasteiger partial charge in [0.2, 0.25) is 0 Å². The molecule has 3 rings (SSSR count). The zero-order valence-corrected chi connectivity index (χ0v) is 14.7. The molecular weight excluding hydrogens is 366 g/mol. The summed E-state index contributed by atoms with van der Waals surface area (Å²) < 4.78 is 0.937. The highest BCUT2D eigenvalue weighted by Crippen LogP contribution is 2.18. The first kappa shape index (κ1) is 16.2. The number of hydrogen-bond donors (Lipinski definition) is 2. The fourth-order valence-electron chi connectivity index (χ4n) is 2.22. The van der Waals surface area contributed by atoms with Crippen LogP contribution in [0.3, 0.4) is 0 Å². The number of aryl methyl sites for hydroxylation is 1. The van der Waals surface area contributed by atoms with E-state index < -0.39 is 0 Å². The molecule has 0 radical (unpaired) electrons. The van der Waals surface area contributed by atoms with E-state index in [1.54, 1.807) is 18.3 Å². The zero-order valence-electron chi connectivity index (χ0n) is 13.1. The van der Waals surface area contributed by atoms with Crippen LogP contribution in [0.1, 0.15) is 15.9 Å². The lowest BCUT2D eigenvalue weighted by molar-refractivity contribution is 0.102. The highest BCUT2D eigenvalue weighted by Gasteiger charge is 2.06. The molecule has 4 nitrogen and oxygen atoms in total. The van der Waals surface area contributed by atoms with Gasteiger partial charge < -0.3 is 10.6 Å². The molecule has 3 aromatic rings. The molecule has 0 saturated carbocycles. The number of carbonyl (C=O) groups excluding carboxylic acids is 1. The van der Waals surface area contributed by atoms with E-state index in [1.807, 2.05) is 55.5 Å². The Kier molecular flexibility index (Phi) is 4.91. The topological polar surface area (TPSA) is 54.0 Å². The van der Waals surface area contributed by atoms with Crippen LogP contribution in [0.4, 0.5) is 17.2 Å². The molecule has 0 aliphatic carbocycles. The van der Waals surface area contributed by atoms with Crippen molar-refractivity contribution in [1.29, 1.82) is 0 Å². The highest BCUT2D eigenvalue weighted by molar-refractivity contribution is 9.10. The number of carbonyl (C=O) groups is 1. The van der Waals surface area contributed by atoms with Gasteiger partial charge in [0, 0.05) is 15.7 Å². The number of aromatic nitrogens is 1. The molecule has 0 bridgehead atoms. The van der Waals surface area contributed by atoms with Crippen LogP contribution < -0.4 is 10.6 Å². The van der Waals surface area contributed by atoms with Crippen molar-refractivity contribution in [3.8, 4) is 0 Å². The average molecular weight is 382 g/mol. The molecule has 24 heavy (non-hydrogen) atoms. The van der Waals surface area contributed by atoms with Crippen LogP contribution in [0.15, 0.2) is 71.3 Å². The maximum atomic E-state index is 12.2.